The molecule has 14 heavy (non-hydrogen) atoms. The summed E-state index contributed by atoms with van der Waals surface area (Å²) in [7, 11) is 0. The largest absolute Gasteiger partial charge is 0.380 e. The summed E-state index contributed by atoms with van der Waals surface area (Å²) in [5.74, 6) is 1.17. The molecule has 0 saturated heterocycles. The molecule has 1 N–H and O–H groups in total. The molecule has 1 saturated carbocycles. The third-order valence-corrected chi connectivity index (χ3v) is 3.05. The van der Waals surface area contributed by atoms with Gasteiger partial charge in [0.25, 0.3) is 0 Å². The fraction of sp³-hybridized carbons (Fsp3) is 0.545. The lowest BCUT2D eigenvalue weighted by molar-refractivity contribution is 0.764. The van der Waals surface area contributed by atoms with Crippen molar-refractivity contribution in [3.05, 3.63) is 17.8 Å². The third kappa shape index (κ3) is 1.15. The fourth-order valence-corrected chi connectivity index (χ4v) is 2.13. The maximum atomic E-state index is 4.49. The van der Waals surface area contributed by atoms with Gasteiger partial charge in [-0.1, -0.05) is 0 Å². The SMILES string of the molecule is Cc1ccnc2c1NCCN2C1CC1. The first-order chi connectivity index (χ1) is 6.86. The number of anilines is 2. The van der Waals surface area contributed by atoms with Gasteiger partial charge in [0, 0.05) is 25.3 Å². The van der Waals surface area contributed by atoms with E-state index in [2.05, 4.69) is 28.2 Å². The first-order valence-corrected chi connectivity index (χ1v) is 5.32. The van der Waals surface area contributed by atoms with Crippen molar-refractivity contribution >= 4 is 11.5 Å². The van der Waals surface area contributed by atoms with Crippen LogP contribution >= 0.6 is 0 Å². The van der Waals surface area contributed by atoms with Crippen LogP contribution in [0.5, 0.6) is 0 Å². The first kappa shape index (κ1) is 8.09. The van der Waals surface area contributed by atoms with Crippen LogP contribution in [-0.4, -0.2) is 24.1 Å². The number of rotatable bonds is 1. The molecule has 3 rings (SSSR count). The Morgan fingerprint density at radius 1 is 1.50 bits per heavy atom. The molecule has 1 aliphatic heterocycles. The monoisotopic (exact) mass is 189 g/mol. The maximum absolute atomic E-state index is 4.49. The average molecular weight is 189 g/mol. The molecule has 1 fully saturated rings. The molecule has 0 unspecified atom stereocenters. The van der Waals surface area contributed by atoms with Crippen molar-refractivity contribution in [2.75, 3.05) is 23.3 Å². The highest BCUT2D eigenvalue weighted by Crippen LogP contribution is 2.37. The Balaban J connectivity index is 2.05. The first-order valence-electron chi connectivity index (χ1n) is 5.32. The van der Waals surface area contributed by atoms with Gasteiger partial charge in [0.15, 0.2) is 5.82 Å². The number of hydrogen-bond acceptors (Lipinski definition) is 3. The number of hydrogen-bond donors (Lipinski definition) is 1. The molecule has 1 aliphatic carbocycles. The minimum Gasteiger partial charge on any atom is -0.380 e. The van der Waals surface area contributed by atoms with Crippen LogP contribution in [0.15, 0.2) is 12.3 Å². The zero-order valence-electron chi connectivity index (χ0n) is 8.45. The molecule has 74 valence electrons. The Kier molecular flexibility index (Phi) is 1.66. The van der Waals surface area contributed by atoms with Gasteiger partial charge < -0.3 is 10.2 Å². The van der Waals surface area contributed by atoms with Crippen LogP contribution in [0.1, 0.15) is 18.4 Å². The summed E-state index contributed by atoms with van der Waals surface area (Å²) in [6.45, 7) is 4.30. The van der Waals surface area contributed by atoms with Crippen LogP contribution in [0.25, 0.3) is 0 Å². The molecule has 0 atom stereocenters. The summed E-state index contributed by atoms with van der Waals surface area (Å²) in [5, 5.41) is 3.44. The highest BCUT2D eigenvalue weighted by Gasteiger charge is 2.32. The normalized spacial score (nSPS) is 20.2. The second kappa shape index (κ2) is 2.87. The van der Waals surface area contributed by atoms with Gasteiger partial charge in [-0.05, 0) is 31.4 Å². The highest BCUT2D eigenvalue weighted by molar-refractivity contribution is 5.72. The van der Waals surface area contributed by atoms with Crippen LogP contribution in [0.2, 0.25) is 0 Å². The molecule has 3 heteroatoms. The van der Waals surface area contributed by atoms with Gasteiger partial charge >= 0.3 is 0 Å². The van der Waals surface area contributed by atoms with Crippen LogP contribution in [-0.2, 0) is 0 Å². The maximum Gasteiger partial charge on any atom is 0.152 e. The summed E-state index contributed by atoms with van der Waals surface area (Å²) < 4.78 is 0. The standard InChI is InChI=1S/C11H15N3/c1-8-4-5-13-11-10(8)12-6-7-14(11)9-2-3-9/h4-5,9,12H,2-3,6-7H2,1H3. The number of fused-ring (bicyclic) bond motifs is 1. The van der Waals surface area contributed by atoms with Crippen molar-refractivity contribution < 1.29 is 0 Å². The summed E-state index contributed by atoms with van der Waals surface area (Å²) in [4.78, 5) is 6.94. The molecule has 2 aliphatic rings. The Morgan fingerprint density at radius 3 is 3.14 bits per heavy atom. The molecular formula is C11H15N3. The number of aromatic nitrogens is 1. The lowest BCUT2D eigenvalue weighted by Crippen LogP contribution is -2.36. The van der Waals surface area contributed by atoms with Crippen LogP contribution in [0.3, 0.4) is 0 Å². The minimum absolute atomic E-state index is 0.769. The van der Waals surface area contributed by atoms with Gasteiger partial charge in [0.05, 0.1) is 5.69 Å². The van der Waals surface area contributed by atoms with Crippen LogP contribution in [0, 0.1) is 6.92 Å². The molecule has 3 nitrogen and oxygen atoms in total. The van der Waals surface area contributed by atoms with E-state index >= 15 is 0 Å². The lowest BCUT2D eigenvalue weighted by atomic mass is 10.2. The van der Waals surface area contributed by atoms with E-state index in [4.69, 9.17) is 0 Å². The second-order valence-electron chi connectivity index (χ2n) is 4.18. The van der Waals surface area contributed by atoms with Gasteiger partial charge in [-0.25, -0.2) is 4.98 Å². The van der Waals surface area contributed by atoms with Gasteiger partial charge in [0.2, 0.25) is 0 Å². The molecule has 0 radical (unpaired) electrons. The third-order valence-electron chi connectivity index (χ3n) is 3.05. The van der Waals surface area contributed by atoms with Crippen molar-refractivity contribution in [2.24, 2.45) is 0 Å². The highest BCUT2D eigenvalue weighted by atomic mass is 15.3. The van der Waals surface area contributed by atoms with E-state index in [1.807, 2.05) is 6.20 Å². The number of nitrogens with zero attached hydrogens (tertiary/aromatic N) is 2. The van der Waals surface area contributed by atoms with E-state index < -0.39 is 0 Å². The van der Waals surface area contributed by atoms with Gasteiger partial charge in [-0.3, -0.25) is 0 Å². The minimum atomic E-state index is 0.769. The van der Waals surface area contributed by atoms with E-state index in [1.54, 1.807) is 0 Å². The summed E-state index contributed by atoms with van der Waals surface area (Å²) in [5.41, 5.74) is 2.55. The number of nitrogens with one attached hydrogen (secondary N) is 1. The Bertz CT molecular complexity index is 358. The lowest BCUT2D eigenvalue weighted by Gasteiger charge is -2.31. The summed E-state index contributed by atoms with van der Waals surface area (Å²) >= 11 is 0. The molecule has 0 aromatic carbocycles. The Labute approximate surface area is 84.1 Å². The van der Waals surface area contributed by atoms with Crippen molar-refractivity contribution in [1.29, 1.82) is 0 Å². The molecule has 1 aromatic heterocycles. The van der Waals surface area contributed by atoms with Crippen molar-refractivity contribution in [1.82, 2.24) is 4.98 Å². The van der Waals surface area contributed by atoms with Crippen molar-refractivity contribution in [3.8, 4) is 0 Å². The zero-order valence-corrected chi connectivity index (χ0v) is 8.45. The topological polar surface area (TPSA) is 28.2 Å². The zero-order chi connectivity index (χ0) is 9.54. The van der Waals surface area contributed by atoms with Crippen molar-refractivity contribution in [2.45, 2.75) is 25.8 Å². The second-order valence-corrected chi connectivity index (χ2v) is 4.18. The van der Waals surface area contributed by atoms with Gasteiger partial charge in [0.1, 0.15) is 0 Å². The Hall–Kier alpha value is -1.25. The van der Waals surface area contributed by atoms with E-state index in [1.165, 1.54) is 29.9 Å². The predicted molar refractivity (Wildman–Crippen MR) is 57.8 cm³/mol. The Morgan fingerprint density at radius 2 is 2.36 bits per heavy atom. The van der Waals surface area contributed by atoms with Crippen LogP contribution < -0.4 is 10.2 Å². The fourth-order valence-electron chi connectivity index (χ4n) is 2.13. The van der Waals surface area contributed by atoms with E-state index in [9.17, 15) is 0 Å². The smallest absolute Gasteiger partial charge is 0.152 e. The average Bonchev–Trinajstić information content (AvgIpc) is 3.01. The molecule has 0 bridgehead atoms. The molecule has 2 heterocycles. The molecular weight excluding hydrogens is 174 g/mol. The van der Waals surface area contributed by atoms with E-state index in [0.717, 1.165) is 19.1 Å². The predicted octanol–water partition coefficient (Wildman–Crippen LogP) is 1.78. The van der Waals surface area contributed by atoms with Gasteiger partial charge in [-0.15, -0.1) is 0 Å². The summed E-state index contributed by atoms with van der Waals surface area (Å²) in [6.07, 6.45) is 4.60. The van der Waals surface area contributed by atoms with Gasteiger partial charge in [-0.2, -0.15) is 0 Å². The quantitative estimate of drug-likeness (QED) is 0.730. The molecule has 0 amide bonds. The molecule has 0 spiro atoms. The number of aryl methyl sites for hydroxylation is 1. The van der Waals surface area contributed by atoms with Crippen LogP contribution in [0.4, 0.5) is 11.5 Å². The van der Waals surface area contributed by atoms with E-state index in [-0.39, 0.29) is 0 Å². The van der Waals surface area contributed by atoms with Crippen molar-refractivity contribution in [3.63, 3.8) is 0 Å². The molecule has 1 aromatic rings. The number of pyridine rings is 1. The van der Waals surface area contributed by atoms with E-state index in [0.29, 0.717) is 0 Å². The summed E-state index contributed by atoms with van der Waals surface area (Å²) in [6, 6.07) is 2.84.